The van der Waals surface area contributed by atoms with Gasteiger partial charge in [-0.05, 0) is 47.9 Å². The number of sulfonamides is 1. The number of aromatic nitrogens is 1. The molecule has 1 fully saturated rings. The maximum absolute atomic E-state index is 13.2. The van der Waals surface area contributed by atoms with Crippen molar-refractivity contribution in [3.63, 3.8) is 0 Å². The minimum Gasteiger partial charge on any atom is -0.354 e. The predicted molar refractivity (Wildman–Crippen MR) is 131 cm³/mol. The summed E-state index contributed by atoms with van der Waals surface area (Å²) in [5.41, 5.74) is 0.935. The number of hydrogen-bond acceptors (Lipinski definition) is 4. The van der Waals surface area contributed by atoms with Crippen molar-refractivity contribution >= 4 is 32.6 Å². The Balaban J connectivity index is 1.38. The summed E-state index contributed by atoms with van der Waals surface area (Å²) < 4.78 is 29.8. The van der Waals surface area contributed by atoms with Crippen LogP contribution in [0.25, 0.3) is 10.8 Å². The maximum atomic E-state index is 13.2. The highest BCUT2D eigenvalue weighted by Crippen LogP contribution is 2.24. The monoisotopic (exact) mass is 482 g/mol. The molecule has 2 N–H and O–H groups in total. The van der Waals surface area contributed by atoms with Gasteiger partial charge in [-0.3, -0.25) is 9.59 Å². The van der Waals surface area contributed by atoms with Crippen molar-refractivity contribution in [2.75, 3.05) is 13.1 Å². The predicted octanol–water partition coefficient (Wildman–Crippen LogP) is 2.20. The molecule has 1 aromatic heterocycles. The van der Waals surface area contributed by atoms with Crippen LogP contribution in [0.1, 0.15) is 25.5 Å². The van der Waals surface area contributed by atoms with Gasteiger partial charge in [0.25, 0.3) is 0 Å². The van der Waals surface area contributed by atoms with Gasteiger partial charge in [-0.25, -0.2) is 8.42 Å². The van der Waals surface area contributed by atoms with E-state index in [0.29, 0.717) is 32.4 Å². The van der Waals surface area contributed by atoms with Crippen molar-refractivity contribution in [3.8, 4) is 0 Å². The Morgan fingerprint density at radius 2 is 1.74 bits per heavy atom. The Labute approximate surface area is 200 Å². The normalized spacial score (nSPS) is 16.3. The van der Waals surface area contributed by atoms with E-state index >= 15 is 0 Å². The summed E-state index contributed by atoms with van der Waals surface area (Å²) in [6.45, 7) is 2.03. The van der Waals surface area contributed by atoms with E-state index in [1.54, 1.807) is 12.1 Å². The van der Waals surface area contributed by atoms with Crippen LogP contribution in [0.2, 0.25) is 0 Å². The molecular weight excluding hydrogens is 452 g/mol. The Hall–Kier alpha value is -3.17. The van der Waals surface area contributed by atoms with E-state index in [-0.39, 0.29) is 22.8 Å². The third-order valence-electron chi connectivity index (χ3n) is 6.32. The number of nitrogens with zero attached hydrogens (tertiary/aromatic N) is 2. The molecule has 0 saturated carbocycles. The largest absolute Gasteiger partial charge is 0.354 e. The summed E-state index contributed by atoms with van der Waals surface area (Å²) >= 11 is 0. The highest BCUT2D eigenvalue weighted by Gasteiger charge is 2.31. The maximum Gasteiger partial charge on any atom is 0.243 e. The Kier molecular flexibility index (Phi) is 7.04. The van der Waals surface area contributed by atoms with Crippen LogP contribution in [-0.2, 0) is 33.1 Å². The molecule has 9 heteroatoms. The molecule has 2 heterocycles. The van der Waals surface area contributed by atoms with Crippen LogP contribution >= 0.6 is 0 Å². The molecule has 0 bridgehead atoms. The molecule has 8 nitrogen and oxygen atoms in total. The highest BCUT2D eigenvalue weighted by molar-refractivity contribution is 7.89. The number of carbonyl (C=O) groups is 2. The fourth-order valence-electron chi connectivity index (χ4n) is 4.39. The molecule has 4 rings (SSSR count). The Morgan fingerprint density at radius 3 is 2.38 bits per heavy atom. The summed E-state index contributed by atoms with van der Waals surface area (Å²) in [7, 11) is -1.72. The lowest BCUT2D eigenvalue weighted by Crippen LogP contribution is -2.53. The Morgan fingerprint density at radius 1 is 1.03 bits per heavy atom. The number of benzene rings is 2. The summed E-state index contributed by atoms with van der Waals surface area (Å²) in [6, 6.07) is 15.8. The summed E-state index contributed by atoms with van der Waals surface area (Å²) in [4.78, 5) is 24.9. The molecular formula is C25H30N4O4S. The van der Waals surface area contributed by atoms with Gasteiger partial charge < -0.3 is 15.2 Å². The van der Waals surface area contributed by atoms with Gasteiger partial charge in [0.15, 0.2) is 0 Å². The number of rotatable bonds is 7. The number of fused-ring (bicyclic) bond motifs is 1. The quantitative estimate of drug-likeness (QED) is 0.539. The molecule has 1 aliphatic heterocycles. The average Bonchev–Trinajstić information content (AvgIpc) is 3.22. The van der Waals surface area contributed by atoms with Gasteiger partial charge in [0.05, 0.1) is 4.90 Å². The van der Waals surface area contributed by atoms with Crippen LogP contribution in [0.5, 0.6) is 0 Å². The summed E-state index contributed by atoms with van der Waals surface area (Å²) in [5.74, 6) is -0.530. The van der Waals surface area contributed by atoms with Crippen LogP contribution in [0.4, 0.5) is 0 Å². The minimum atomic E-state index is -3.62. The molecule has 180 valence electrons. The molecule has 2 aromatic carbocycles. The van der Waals surface area contributed by atoms with Crippen molar-refractivity contribution in [1.29, 1.82) is 0 Å². The first-order valence-corrected chi connectivity index (χ1v) is 12.8. The molecule has 2 amide bonds. The fraction of sp³-hybridized carbons (Fsp3) is 0.360. The molecule has 3 aromatic rings. The summed E-state index contributed by atoms with van der Waals surface area (Å²) in [5, 5.41) is 7.62. The van der Waals surface area contributed by atoms with Crippen LogP contribution < -0.4 is 10.6 Å². The van der Waals surface area contributed by atoms with E-state index < -0.39 is 16.1 Å². The van der Waals surface area contributed by atoms with Gasteiger partial charge in [0.2, 0.25) is 21.8 Å². The lowest BCUT2D eigenvalue weighted by atomic mass is 10.0. The van der Waals surface area contributed by atoms with E-state index in [1.165, 1.54) is 11.2 Å². The first kappa shape index (κ1) is 24.0. The second-order valence-electron chi connectivity index (χ2n) is 8.76. The van der Waals surface area contributed by atoms with E-state index in [9.17, 15) is 18.0 Å². The van der Waals surface area contributed by atoms with Crippen molar-refractivity contribution in [2.45, 2.75) is 43.2 Å². The molecule has 0 radical (unpaired) electrons. The van der Waals surface area contributed by atoms with E-state index in [1.807, 2.05) is 60.3 Å². The SMILES string of the molecule is CC(=O)N[C@H](Cc1cccn1C)C(=O)NC1CCN(S(=O)(=O)c2ccc3ccccc3c2)CC1. The van der Waals surface area contributed by atoms with Crippen molar-refractivity contribution < 1.29 is 18.0 Å². The first-order valence-electron chi connectivity index (χ1n) is 11.4. The smallest absolute Gasteiger partial charge is 0.243 e. The van der Waals surface area contributed by atoms with Gasteiger partial charge in [0.1, 0.15) is 6.04 Å². The van der Waals surface area contributed by atoms with Crippen molar-refractivity contribution in [2.24, 2.45) is 7.05 Å². The molecule has 1 saturated heterocycles. The third kappa shape index (κ3) is 5.31. The molecule has 0 unspecified atom stereocenters. The number of piperidine rings is 1. The zero-order valence-corrected chi connectivity index (χ0v) is 20.2. The van der Waals surface area contributed by atoms with Crippen molar-refractivity contribution in [1.82, 2.24) is 19.5 Å². The van der Waals surface area contributed by atoms with Gasteiger partial charge >= 0.3 is 0 Å². The van der Waals surface area contributed by atoms with E-state index in [0.717, 1.165) is 16.5 Å². The number of hydrogen-bond donors (Lipinski definition) is 2. The van der Waals surface area contributed by atoms with Gasteiger partial charge in [0, 0.05) is 51.4 Å². The van der Waals surface area contributed by atoms with Gasteiger partial charge in [-0.1, -0.05) is 30.3 Å². The molecule has 0 spiro atoms. The molecule has 1 aliphatic rings. The lowest BCUT2D eigenvalue weighted by Gasteiger charge is -2.32. The zero-order valence-electron chi connectivity index (χ0n) is 19.4. The standard InChI is InChI=1S/C25H30N4O4S/c1-18(30)26-24(17-22-8-5-13-28(22)2)25(31)27-21-11-14-29(15-12-21)34(32,33)23-10-9-19-6-3-4-7-20(19)16-23/h3-10,13,16,21,24H,11-12,14-15,17H2,1-2H3,(H,26,30)(H,27,31)/t24-/m1/s1. The number of nitrogens with one attached hydrogen (secondary N) is 2. The van der Waals surface area contributed by atoms with E-state index in [4.69, 9.17) is 0 Å². The third-order valence-corrected chi connectivity index (χ3v) is 8.21. The highest BCUT2D eigenvalue weighted by atomic mass is 32.2. The zero-order chi connectivity index (χ0) is 24.3. The van der Waals surface area contributed by atoms with Crippen LogP contribution in [0.3, 0.4) is 0 Å². The molecule has 34 heavy (non-hydrogen) atoms. The number of aryl methyl sites for hydroxylation is 1. The van der Waals surface area contributed by atoms with Crippen LogP contribution in [-0.4, -0.2) is 54.3 Å². The minimum absolute atomic E-state index is 0.153. The van der Waals surface area contributed by atoms with Gasteiger partial charge in [-0.15, -0.1) is 0 Å². The first-order chi connectivity index (χ1) is 16.2. The Bertz CT molecular complexity index is 1290. The van der Waals surface area contributed by atoms with Crippen molar-refractivity contribution in [3.05, 3.63) is 66.5 Å². The lowest BCUT2D eigenvalue weighted by molar-refractivity contribution is -0.128. The van der Waals surface area contributed by atoms with Crippen LogP contribution in [0.15, 0.2) is 65.7 Å². The van der Waals surface area contributed by atoms with Crippen LogP contribution in [0, 0.1) is 0 Å². The number of amides is 2. The van der Waals surface area contributed by atoms with E-state index in [2.05, 4.69) is 10.6 Å². The number of carbonyl (C=O) groups excluding carboxylic acids is 2. The summed E-state index contributed by atoms with van der Waals surface area (Å²) in [6.07, 6.45) is 3.29. The molecule has 0 aliphatic carbocycles. The second-order valence-corrected chi connectivity index (χ2v) is 10.7. The average molecular weight is 483 g/mol. The van der Waals surface area contributed by atoms with Gasteiger partial charge in [-0.2, -0.15) is 4.31 Å². The fourth-order valence-corrected chi connectivity index (χ4v) is 5.90. The second kappa shape index (κ2) is 9.99. The topological polar surface area (TPSA) is 101 Å². The molecule has 1 atom stereocenters.